The summed E-state index contributed by atoms with van der Waals surface area (Å²) >= 11 is 0. The summed E-state index contributed by atoms with van der Waals surface area (Å²) in [4.78, 5) is 16.3. The predicted octanol–water partition coefficient (Wildman–Crippen LogP) is 3.32. The van der Waals surface area contributed by atoms with E-state index in [9.17, 15) is 4.79 Å². The molecule has 0 aliphatic carbocycles. The molecule has 0 aliphatic rings. The molecule has 0 fully saturated rings. The van der Waals surface area contributed by atoms with Crippen LogP contribution in [0.3, 0.4) is 0 Å². The van der Waals surface area contributed by atoms with Crippen molar-refractivity contribution >= 4 is 11.9 Å². The van der Waals surface area contributed by atoms with Crippen LogP contribution in [-0.4, -0.2) is 31.5 Å². The summed E-state index contributed by atoms with van der Waals surface area (Å²) in [5.74, 6) is 1.46. The fourth-order valence-electron chi connectivity index (χ4n) is 2.41. The molecule has 1 amide bonds. The van der Waals surface area contributed by atoms with Crippen LogP contribution >= 0.6 is 0 Å². The average molecular weight is 347 g/mol. The Bertz CT molecular complexity index is 535. The summed E-state index contributed by atoms with van der Waals surface area (Å²) in [6.07, 6.45) is 3.26. The topological polar surface area (TPSA) is 65.5 Å². The number of rotatable bonds is 9. The van der Waals surface area contributed by atoms with Crippen molar-refractivity contribution in [2.45, 2.75) is 59.5 Å². The molecule has 0 aliphatic heterocycles. The van der Waals surface area contributed by atoms with Crippen molar-refractivity contribution in [3.05, 3.63) is 35.4 Å². The van der Waals surface area contributed by atoms with Gasteiger partial charge in [-0.25, -0.2) is 0 Å². The molecule has 1 rings (SSSR count). The second-order valence-electron chi connectivity index (χ2n) is 6.47. The number of carbonyl (C=O) groups is 1. The molecular formula is C20H34N4O. The zero-order valence-corrected chi connectivity index (χ0v) is 16.4. The van der Waals surface area contributed by atoms with Gasteiger partial charge in [-0.05, 0) is 37.0 Å². The molecule has 5 nitrogen and oxygen atoms in total. The summed E-state index contributed by atoms with van der Waals surface area (Å²) < 4.78 is 0. The lowest BCUT2D eigenvalue weighted by molar-refractivity contribution is 0.0939. The molecule has 0 heterocycles. The number of hydrogen-bond acceptors (Lipinski definition) is 2. The van der Waals surface area contributed by atoms with Gasteiger partial charge in [0.15, 0.2) is 5.96 Å². The molecule has 0 saturated carbocycles. The first kappa shape index (κ1) is 21.0. The van der Waals surface area contributed by atoms with E-state index in [1.807, 2.05) is 31.2 Å². The molecule has 1 aromatic carbocycles. The van der Waals surface area contributed by atoms with E-state index in [-0.39, 0.29) is 11.9 Å². The van der Waals surface area contributed by atoms with Gasteiger partial charge in [-0.2, -0.15) is 0 Å². The van der Waals surface area contributed by atoms with Crippen LogP contribution in [0.2, 0.25) is 0 Å². The molecule has 3 N–H and O–H groups in total. The van der Waals surface area contributed by atoms with Gasteiger partial charge in [0, 0.05) is 31.7 Å². The van der Waals surface area contributed by atoms with Gasteiger partial charge in [-0.15, -0.1) is 0 Å². The lowest BCUT2D eigenvalue weighted by Gasteiger charge is -2.17. The van der Waals surface area contributed by atoms with Crippen LogP contribution in [-0.2, 0) is 6.54 Å². The summed E-state index contributed by atoms with van der Waals surface area (Å²) in [5.41, 5.74) is 1.81. The fourth-order valence-corrected chi connectivity index (χ4v) is 2.41. The normalized spacial score (nSPS) is 12.8. The maximum Gasteiger partial charge on any atom is 0.251 e. The highest BCUT2D eigenvalue weighted by Crippen LogP contribution is 2.06. The SMILES string of the molecule is CCC(CC)CNC(=NC)NCc1ccc(C(=O)NC(C)CC)cc1. The Balaban J connectivity index is 2.50. The first-order valence-corrected chi connectivity index (χ1v) is 9.38. The maximum absolute atomic E-state index is 12.1. The molecule has 0 saturated heterocycles. The van der Waals surface area contributed by atoms with E-state index in [0.29, 0.717) is 18.0 Å². The Kier molecular flexibility index (Phi) is 9.66. The van der Waals surface area contributed by atoms with Crippen molar-refractivity contribution in [1.82, 2.24) is 16.0 Å². The van der Waals surface area contributed by atoms with Crippen LogP contribution in [0.1, 0.15) is 62.9 Å². The summed E-state index contributed by atoms with van der Waals surface area (Å²) in [6.45, 7) is 10.1. The van der Waals surface area contributed by atoms with Gasteiger partial charge >= 0.3 is 0 Å². The molecular weight excluding hydrogens is 312 g/mol. The van der Waals surface area contributed by atoms with Gasteiger partial charge in [-0.3, -0.25) is 9.79 Å². The largest absolute Gasteiger partial charge is 0.356 e. The van der Waals surface area contributed by atoms with Crippen molar-refractivity contribution in [3.8, 4) is 0 Å². The first-order chi connectivity index (χ1) is 12.0. The molecule has 25 heavy (non-hydrogen) atoms. The van der Waals surface area contributed by atoms with Gasteiger partial charge in [0.2, 0.25) is 0 Å². The van der Waals surface area contributed by atoms with Crippen LogP contribution in [0.4, 0.5) is 0 Å². The summed E-state index contributed by atoms with van der Waals surface area (Å²) in [6, 6.07) is 7.89. The van der Waals surface area contributed by atoms with E-state index in [1.54, 1.807) is 7.05 Å². The monoisotopic (exact) mass is 346 g/mol. The molecule has 0 spiro atoms. The number of nitrogens with one attached hydrogen (secondary N) is 3. The molecule has 1 atom stereocenters. The Morgan fingerprint density at radius 2 is 1.68 bits per heavy atom. The van der Waals surface area contributed by atoms with Crippen LogP contribution in [0, 0.1) is 5.92 Å². The van der Waals surface area contributed by atoms with Gasteiger partial charge in [0.25, 0.3) is 5.91 Å². The van der Waals surface area contributed by atoms with Crippen molar-refractivity contribution < 1.29 is 4.79 Å². The average Bonchev–Trinajstić information content (AvgIpc) is 2.65. The molecule has 5 heteroatoms. The highest BCUT2D eigenvalue weighted by atomic mass is 16.1. The number of hydrogen-bond donors (Lipinski definition) is 3. The smallest absolute Gasteiger partial charge is 0.251 e. The number of nitrogens with zero attached hydrogens (tertiary/aromatic N) is 1. The Hall–Kier alpha value is -2.04. The van der Waals surface area contributed by atoms with Crippen molar-refractivity contribution in [2.24, 2.45) is 10.9 Å². The second kappa shape index (κ2) is 11.5. The zero-order valence-electron chi connectivity index (χ0n) is 16.4. The Labute approximate surface area is 152 Å². The molecule has 1 unspecified atom stereocenters. The van der Waals surface area contributed by atoms with Crippen molar-refractivity contribution in [2.75, 3.05) is 13.6 Å². The van der Waals surface area contributed by atoms with Crippen LogP contribution in [0.25, 0.3) is 0 Å². The van der Waals surface area contributed by atoms with Crippen LogP contribution in [0.5, 0.6) is 0 Å². The van der Waals surface area contributed by atoms with Crippen molar-refractivity contribution in [3.63, 3.8) is 0 Å². The van der Waals surface area contributed by atoms with E-state index < -0.39 is 0 Å². The van der Waals surface area contributed by atoms with E-state index in [1.165, 1.54) is 12.8 Å². The van der Waals surface area contributed by atoms with E-state index in [0.717, 1.165) is 24.5 Å². The predicted molar refractivity (Wildman–Crippen MR) is 106 cm³/mol. The highest BCUT2D eigenvalue weighted by Gasteiger charge is 2.08. The number of carbonyl (C=O) groups excluding carboxylic acids is 1. The van der Waals surface area contributed by atoms with E-state index in [2.05, 4.69) is 41.7 Å². The van der Waals surface area contributed by atoms with Gasteiger partial charge in [-0.1, -0.05) is 45.7 Å². The van der Waals surface area contributed by atoms with Crippen LogP contribution < -0.4 is 16.0 Å². The Morgan fingerprint density at radius 1 is 1.04 bits per heavy atom. The zero-order chi connectivity index (χ0) is 18.7. The van der Waals surface area contributed by atoms with E-state index >= 15 is 0 Å². The van der Waals surface area contributed by atoms with Crippen LogP contribution in [0.15, 0.2) is 29.3 Å². The minimum absolute atomic E-state index is 0.0171. The quantitative estimate of drug-likeness (QED) is 0.475. The van der Waals surface area contributed by atoms with Gasteiger partial charge < -0.3 is 16.0 Å². The second-order valence-corrected chi connectivity index (χ2v) is 6.47. The molecule has 0 radical (unpaired) electrons. The first-order valence-electron chi connectivity index (χ1n) is 9.38. The number of benzene rings is 1. The standard InChI is InChI=1S/C20H34N4O/c1-6-15(4)24-19(25)18-11-9-17(10-12-18)14-23-20(21-5)22-13-16(7-2)8-3/h9-12,15-16H,6-8,13-14H2,1-5H3,(H,24,25)(H2,21,22,23). The minimum atomic E-state index is -0.0171. The minimum Gasteiger partial charge on any atom is -0.356 e. The number of guanidine groups is 1. The number of aliphatic imine (C=N–C) groups is 1. The molecule has 140 valence electrons. The Morgan fingerprint density at radius 3 is 2.20 bits per heavy atom. The lowest BCUT2D eigenvalue weighted by Crippen LogP contribution is -2.39. The molecule has 0 bridgehead atoms. The molecule has 0 aromatic heterocycles. The lowest BCUT2D eigenvalue weighted by atomic mass is 10.0. The molecule has 1 aromatic rings. The fraction of sp³-hybridized carbons (Fsp3) is 0.600. The third-order valence-electron chi connectivity index (χ3n) is 4.60. The maximum atomic E-state index is 12.1. The van der Waals surface area contributed by atoms with Gasteiger partial charge in [0.05, 0.1) is 0 Å². The highest BCUT2D eigenvalue weighted by molar-refractivity contribution is 5.94. The third-order valence-corrected chi connectivity index (χ3v) is 4.60. The summed E-state index contributed by atoms with van der Waals surface area (Å²) in [5, 5.41) is 9.67. The van der Waals surface area contributed by atoms with Crippen molar-refractivity contribution in [1.29, 1.82) is 0 Å². The number of amides is 1. The summed E-state index contributed by atoms with van der Waals surface area (Å²) in [7, 11) is 1.78. The van der Waals surface area contributed by atoms with Gasteiger partial charge in [0.1, 0.15) is 0 Å². The van der Waals surface area contributed by atoms with E-state index in [4.69, 9.17) is 0 Å². The third kappa shape index (κ3) is 7.59.